The largest absolute Gasteiger partial charge is 0.461 e. The molecule has 2 aromatic carbocycles. The van der Waals surface area contributed by atoms with E-state index in [1.54, 1.807) is 6.92 Å². The van der Waals surface area contributed by atoms with Gasteiger partial charge < -0.3 is 28.1 Å². The molecule has 2 heterocycles. The molecule has 0 aliphatic heterocycles. The second kappa shape index (κ2) is 11.2. The zero-order valence-electron chi connectivity index (χ0n) is 20.8. The topological polar surface area (TPSA) is 80.9 Å². The maximum absolute atomic E-state index is 14.3. The first-order chi connectivity index (χ1) is 18.2. The number of esters is 2. The Morgan fingerprint density at radius 3 is 1.97 bits per heavy atom. The maximum Gasteiger partial charge on any atom is 0.360 e. The number of fused-ring (bicyclic) bond motifs is 2. The Morgan fingerprint density at radius 2 is 1.34 bits per heavy atom. The molecule has 0 N–H and O–H groups in total. The van der Waals surface area contributed by atoms with Gasteiger partial charge in [-0.25, -0.2) is 27.2 Å². The number of carbonyl (C=O) groups excluding carboxylic acids is 2. The van der Waals surface area contributed by atoms with Crippen LogP contribution >= 0.6 is 0 Å². The van der Waals surface area contributed by atoms with Gasteiger partial charge in [-0.05, 0) is 25.1 Å². The molecule has 4 rings (SSSR count). The number of carbonyl (C=O) groups is 2. The van der Waals surface area contributed by atoms with E-state index < -0.39 is 35.2 Å². The van der Waals surface area contributed by atoms with E-state index in [0.29, 0.717) is 0 Å². The Balaban J connectivity index is 1.90. The first-order valence-corrected chi connectivity index (χ1v) is 11.6. The minimum absolute atomic E-state index is 0.0242. The van der Waals surface area contributed by atoms with E-state index in [4.69, 9.17) is 18.9 Å². The van der Waals surface area contributed by atoms with Crippen molar-refractivity contribution in [3.05, 3.63) is 65.0 Å². The van der Waals surface area contributed by atoms with Gasteiger partial charge in [-0.1, -0.05) is 0 Å². The fourth-order valence-corrected chi connectivity index (χ4v) is 4.23. The molecule has 12 heteroatoms. The first-order valence-electron chi connectivity index (χ1n) is 11.6. The number of benzene rings is 2. The first kappa shape index (κ1) is 27.1. The number of hydrogen-bond donors (Lipinski definition) is 0. The molecule has 0 unspecified atom stereocenters. The summed E-state index contributed by atoms with van der Waals surface area (Å²) in [6.07, 6.45) is 0. The number of nitrogens with zero attached hydrogens (tertiary/aromatic N) is 2. The summed E-state index contributed by atoms with van der Waals surface area (Å²) in [6.45, 7) is 1.86. The van der Waals surface area contributed by atoms with Gasteiger partial charge >= 0.3 is 11.9 Å². The highest BCUT2D eigenvalue weighted by atomic mass is 19.2. The number of hydrogen-bond acceptors (Lipinski definition) is 6. The van der Waals surface area contributed by atoms with Crippen molar-refractivity contribution in [2.45, 2.75) is 20.0 Å². The molecule has 0 aliphatic carbocycles. The van der Waals surface area contributed by atoms with Gasteiger partial charge in [0.25, 0.3) is 0 Å². The van der Waals surface area contributed by atoms with Crippen LogP contribution in [-0.2, 0) is 27.3 Å². The third-order valence-electron chi connectivity index (χ3n) is 5.91. The summed E-state index contributed by atoms with van der Waals surface area (Å²) >= 11 is 0. The number of aromatic nitrogens is 2. The zero-order valence-corrected chi connectivity index (χ0v) is 20.8. The van der Waals surface area contributed by atoms with Crippen LogP contribution in [0.2, 0.25) is 0 Å². The molecule has 0 spiro atoms. The lowest BCUT2D eigenvalue weighted by Gasteiger charge is -2.12. The van der Waals surface area contributed by atoms with Gasteiger partial charge in [-0.2, -0.15) is 0 Å². The molecule has 202 valence electrons. The molecular formula is C26H24F4N2O6. The molecule has 0 amide bonds. The van der Waals surface area contributed by atoms with Gasteiger partial charge in [0.15, 0.2) is 34.7 Å². The van der Waals surface area contributed by atoms with E-state index in [1.807, 2.05) is 0 Å². The molecule has 0 atom stereocenters. The minimum Gasteiger partial charge on any atom is -0.461 e. The highest BCUT2D eigenvalue weighted by molar-refractivity contribution is 6.05. The van der Waals surface area contributed by atoms with E-state index in [1.165, 1.54) is 29.4 Å². The van der Waals surface area contributed by atoms with E-state index in [-0.39, 0.29) is 71.9 Å². The Bertz CT molecular complexity index is 1530. The lowest BCUT2D eigenvalue weighted by atomic mass is 10.2. The van der Waals surface area contributed by atoms with Gasteiger partial charge in [0.1, 0.15) is 5.69 Å². The molecule has 4 aromatic rings. The summed E-state index contributed by atoms with van der Waals surface area (Å²) in [6, 6.07) is 4.86. The van der Waals surface area contributed by atoms with Gasteiger partial charge in [0.2, 0.25) is 0 Å². The van der Waals surface area contributed by atoms with Crippen LogP contribution in [0.4, 0.5) is 17.6 Å². The summed E-state index contributed by atoms with van der Waals surface area (Å²) in [5.74, 6) is -6.90. The Morgan fingerprint density at radius 1 is 0.763 bits per heavy atom. The molecule has 0 aliphatic rings. The lowest BCUT2D eigenvalue weighted by Crippen LogP contribution is -2.19. The second-order valence-corrected chi connectivity index (χ2v) is 8.21. The quantitative estimate of drug-likeness (QED) is 0.213. The van der Waals surface area contributed by atoms with Crippen molar-refractivity contribution in [1.82, 2.24) is 9.13 Å². The minimum atomic E-state index is -1.23. The van der Waals surface area contributed by atoms with Gasteiger partial charge in [-0.3, -0.25) is 0 Å². The van der Waals surface area contributed by atoms with Crippen molar-refractivity contribution in [1.29, 1.82) is 0 Å². The molecule has 38 heavy (non-hydrogen) atoms. The highest BCUT2D eigenvalue weighted by Crippen LogP contribution is 2.36. The number of halogens is 4. The lowest BCUT2D eigenvalue weighted by molar-refractivity contribution is 0.0506. The van der Waals surface area contributed by atoms with Crippen LogP contribution in [0.5, 0.6) is 5.75 Å². The fraction of sp³-hybridized carbons (Fsp3) is 0.308. The van der Waals surface area contributed by atoms with Crippen molar-refractivity contribution in [3.63, 3.8) is 0 Å². The standard InChI is InChI=1S/C26H24F4N2O6/c1-4-37-26(34)23-24(15-11-17(28)19(30)13-21(15)32(23)6-8-36-3)38-25(33)22-10-14-9-16(27)18(29)12-20(14)31(22)5-7-35-2/h9-13H,4-8H2,1-3H3. The summed E-state index contributed by atoms with van der Waals surface area (Å²) in [5, 5.41) is 0.154. The molecule has 8 nitrogen and oxygen atoms in total. The van der Waals surface area contributed by atoms with E-state index in [2.05, 4.69) is 0 Å². The highest BCUT2D eigenvalue weighted by Gasteiger charge is 2.30. The molecule has 0 fully saturated rings. The van der Waals surface area contributed by atoms with Gasteiger partial charge in [-0.15, -0.1) is 0 Å². The Labute approximate surface area is 214 Å². The van der Waals surface area contributed by atoms with Crippen LogP contribution in [0.15, 0.2) is 30.3 Å². The number of rotatable bonds is 10. The molecule has 0 saturated heterocycles. The van der Waals surface area contributed by atoms with E-state index in [0.717, 1.165) is 24.3 Å². The fourth-order valence-electron chi connectivity index (χ4n) is 4.23. The van der Waals surface area contributed by atoms with E-state index in [9.17, 15) is 27.2 Å². The van der Waals surface area contributed by atoms with Crippen molar-refractivity contribution in [2.75, 3.05) is 34.0 Å². The van der Waals surface area contributed by atoms with Crippen LogP contribution in [-0.4, -0.2) is 55.1 Å². The summed E-state index contributed by atoms with van der Waals surface area (Å²) in [4.78, 5) is 26.4. The van der Waals surface area contributed by atoms with Crippen LogP contribution in [0.25, 0.3) is 21.8 Å². The van der Waals surface area contributed by atoms with Crippen molar-refractivity contribution < 1.29 is 46.1 Å². The van der Waals surface area contributed by atoms with Crippen molar-refractivity contribution in [2.24, 2.45) is 0 Å². The average molecular weight is 536 g/mol. The zero-order chi connectivity index (χ0) is 27.6. The normalized spacial score (nSPS) is 11.4. The number of ether oxygens (including phenoxy) is 4. The van der Waals surface area contributed by atoms with Gasteiger partial charge in [0, 0.05) is 50.2 Å². The third-order valence-corrected chi connectivity index (χ3v) is 5.91. The summed E-state index contributed by atoms with van der Waals surface area (Å²) in [7, 11) is 2.85. The molecular weight excluding hydrogens is 512 g/mol. The maximum atomic E-state index is 14.3. The summed E-state index contributed by atoms with van der Waals surface area (Å²) < 4.78 is 80.0. The molecule has 0 bridgehead atoms. The summed E-state index contributed by atoms with van der Waals surface area (Å²) in [5.41, 5.74) is -0.101. The smallest absolute Gasteiger partial charge is 0.360 e. The van der Waals surface area contributed by atoms with E-state index >= 15 is 0 Å². The predicted octanol–water partition coefficient (Wildman–Crippen LogP) is 4.84. The monoisotopic (exact) mass is 536 g/mol. The van der Waals surface area contributed by atoms with Gasteiger partial charge in [0.05, 0.1) is 30.9 Å². The Kier molecular flexibility index (Phi) is 8.02. The second-order valence-electron chi connectivity index (χ2n) is 8.21. The SMILES string of the molecule is CCOC(=O)c1c(OC(=O)c2cc3cc(F)c(F)cc3n2CCOC)c2cc(F)c(F)cc2n1CCOC. The molecule has 2 aromatic heterocycles. The van der Waals surface area contributed by atoms with Crippen molar-refractivity contribution >= 4 is 33.7 Å². The van der Waals surface area contributed by atoms with Crippen molar-refractivity contribution in [3.8, 4) is 5.75 Å². The average Bonchev–Trinajstić information content (AvgIpc) is 3.37. The Hall–Kier alpha value is -3.90. The van der Waals surface area contributed by atoms with Crippen LogP contribution in [0.3, 0.4) is 0 Å². The molecule has 0 saturated carbocycles. The van der Waals surface area contributed by atoms with Crippen LogP contribution in [0, 0.1) is 23.3 Å². The predicted molar refractivity (Wildman–Crippen MR) is 128 cm³/mol. The number of methoxy groups -OCH3 is 2. The van der Waals surface area contributed by atoms with Crippen LogP contribution < -0.4 is 4.74 Å². The third kappa shape index (κ3) is 4.96. The van der Waals surface area contributed by atoms with Crippen LogP contribution in [0.1, 0.15) is 27.9 Å². The molecule has 0 radical (unpaired) electrons.